The first-order chi connectivity index (χ1) is 6.77. The Bertz CT molecular complexity index is 422. The number of nitrogens with zero attached hydrogens (tertiary/aromatic N) is 1. The number of nitrogens with two attached hydrogens (primary N) is 1. The van der Waals surface area contributed by atoms with Crippen molar-refractivity contribution in [1.29, 1.82) is 0 Å². The molecular weight excluding hydrogens is 172 g/mol. The van der Waals surface area contributed by atoms with Gasteiger partial charge in [-0.25, -0.2) is 0 Å². The van der Waals surface area contributed by atoms with Crippen LogP contribution in [0.2, 0.25) is 0 Å². The van der Waals surface area contributed by atoms with Gasteiger partial charge in [0.05, 0.1) is 11.2 Å². The highest BCUT2D eigenvalue weighted by Crippen LogP contribution is 2.18. The molecule has 2 aromatic rings. The number of pyridine rings is 1. The van der Waals surface area contributed by atoms with Crippen molar-refractivity contribution in [1.82, 2.24) is 4.98 Å². The number of hydrogen-bond donors (Lipinski definition) is 1. The van der Waals surface area contributed by atoms with Crippen LogP contribution >= 0.6 is 0 Å². The Balaban J connectivity index is 0.000000461. The van der Waals surface area contributed by atoms with E-state index in [-0.39, 0.29) is 0 Å². The van der Waals surface area contributed by atoms with Gasteiger partial charge in [0.25, 0.3) is 0 Å². The molecule has 0 amide bonds. The zero-order valence-corrected chi connectivity index (χ0v) is 8.91. The van der Waals surface area contributed by atoms with E-state index in [0.29, 0.717) is 0 Å². The fraction of sp³-hybridized carbons (Fsp3) is 0.250. The Morgan fingerprint density at radius 3 is 2.50 bits per heavy atom. The average Bonchev–Trinajstić information content (AvgIpc) is 2.22. The first-order valence-electron chi connectivity index (χ1n) is 4.89. The van der Waals surface area contributed by atoms with E-state index in [2.05, 4.69) is 4.98 Å². The molecule has 14 heavy (non-hydrogen) atoms. The maximum atomic E-state index is 5.76. The summed E-state index contributed by atoms with van der Waals surface area (Å²) >= 11 is 0. The van der Waals surface area contributed by atoms with Gasteiger partial charge in [-0.15, -0.1) is 0 Å². The van der Waals surface area contributed by atoms with E-state index >= 15 is 0 Å². The highest BCUT2D eigenvalue weighted by atomic mass is 14.7. The Kier molecular flexibility index (Phi) is 3.46. The quantitative estimate of drug-likeness (QED) is 0.645. The number of fused-ring (bicyclic) bond motifs is 1. The molecule has 1 aromatic carbocycles. The summed E-state index contributed by atoms with van der Waals surface area (Å²) in [6.45, 7) is 5.96. The number of aromatic nitrogens is 1. The molecule has 2 rings (SSSR count). The average molecular weight is 188 g/mol. The predicted molar refractivity (Wildman–Crippen MR) is 62.2 cm³/mol. The molecule has 74 valence electrons. The smallest absolute Gasteiger partial charge is 0.0934 e. The van der Waals surface area contributed by atoms with E-state index in [1.165, 1.54) is 0 Å². The molecule has 0 aliphatic heterocycles. The lowest BCUT2D eigenvalue weighted by Gasteiger charge is -2.00. The normalized spacial score (nSPS) is 9.36. The lowest BCUT2D eigenvalue weighted by Crippen LogP contribution is -1.90. The van der Waals surface area contributed by atoms with Gasteiger partial charge in [0.2, 0.25) is 0 Å². The van der Waals surface area contributed by atoms with Crippen molar-refractivity contribution in [2.24, 2.45) is 0 Å². The van der Waals surface area contributed by atoms with Gasteiger partial charge in [0.1, 0.15) is 0 Å². The van der Waals surface area contributed by atoms with Gasteiger partial charge in [-0.2, -0.15) is 0 Å². The Morgan fingerprint density at radius 2 is 1.79 bits per heavy atom. The maximum absolute atomic E-state index is 5.76. The largest absolute Gasteiger partial charge is 0.397 e. The van der Waals surface area contributed by atoms with E-state index in [9.17, 15) is 0 Å². The zero-order valence-electron chi connectivity index (χ0n) is 8.91. The van der Waals surface area contributed by atoms with Gasteiger partial charge in [0, 0.05) is 11.1 Å². The minimum atomic E-state index is 0.746. The number of anilines is 1. The Labute approximate surface area is 84.8 Å². The molecule has 0 atom stereocenters. The molecule has 0 aliphatic carbocycles. The highest BCUT2D eigenvalue weighted by molar-refractivity contribution is 5.89. The van der Waals surface area contributed by atoms with Crippen molar-refractivity contribution >= 4 is 16.6 Å². The summed E-state index contributed by atoms with van der Waals surface area (Å²) in [5, 5.41) is 1.10. The van der Waals surface area contributed by atoms with E-state index in [0.717, 1.165) is 22.3 Å². The van der Waals surface area contributed by atoms with E-state index < -0.39 is 0 Å². The molecule has 0 saturated heterocycles. The van der Waals surface area contributed by atoms with Crippen LogP contribution in [0.3, 0.4) is 0 Å². The predicted octanol–water partition coefficient (Wildman–Crippen LogP) is 3.15. The van der Waals surface area contributed by atoms with Crippen molar-refractivity contribution in [3.05, 3.63) is 36.0 Å². The van der Waals surface area contributed by atoms with Gasteiger partial charge < -0.3 is 5.73 Å². The summed E-state index contributed by atoms with van der Waals surface area (Å²) in [5.41, 5.74) is 8.41. The van der Waals surface area contributed by atoms with Crippen LogP contribution in [0, 0.1) is 6.92 Å². The third-order valence-corrected chi connectivity index (χ3v) is 1.89. The summed E-state index contributed by atoms with van der Waals surface area (Å²) in [4.78, 5) is 4.35. The van der Waals surface area contributed by atoms with Crippen LogP contribution < -0.4 is 5.73 Å². The van der Waals surface area contributed by atoms with Crippen molar-refractivity contribution in [2.45, 2.75) is 20.8 Å². The fourth-order valence-electron chi connectivity index (χ4n) is 1.27. The summed E-state index contributed by atoms with van der Waals surface area (Å²) in [6.07, 6.45) is 0. The Hall–Kier alpha value is -1.57. The zero-order chi connectivity index (χ0) is 10.6. The lowest BCUT2D eigenvalue weighted by atomic mass is 10.2. The maximum Gasteiger partial charge on any atom is 0.0934 e. The monoisotopic (exact) mass is 188 g/mol. The molecule has 0 unspecified atom stereocenters. The number of rotatable bonds is 0. The van der Waals surface area contributed by atoms with Crippen LogP contribution in [0.25, 0.3) is 10.9 Å². The third-order valence-electron chi connectivity index (χ3n) is 1.89. The van der Waals surface area contributed by atoms with Gasteiger partial charge in [-0.05, 0) is 19.1 Å². The lowest BCUT2D eigenvalue weighted by molar-refractivity contribution is 1.26. The summed E-state index contributed by atoms with van der Waals surface area (Å²) in [5.74, 6) is 0. The van der Waals surface area contributed by atoms with Gasteiger partial charge >= 0.3 is 0 Å². The van der Waals surface area contributed by atoms with Crippen LogP contribution in [0.15, 0.2) is 30.3 Å². The van der Waals surface area contributed by atoms with Gasteiger partial charge in [-0.3, -0.25) is 4.98 Å². The molecular formula is C12H16N2. The molecule has 0 aliphatic rings. The second kappa shape index (κ2) is 4.61. The molecule has 0 saturated carbocycles. The molecule has 0 fully saturated rings. The van der Waals surface area contributed by atoms with Crippen LogP contribution in [0.4, 0.5) is 5.69 Å². The van der Waals surface area contributed by atoms with Crippen molar-refractivity contribution in [3.63, 3.8) is 0 Å². The number of para-hydroxylation sites is 1. The van der Waals surface area contributed by atoms with E-state index in [1.54, 1.807) is 0 Å². The molecule has 1 aromatic heterocycles. The third kappa shape index (κ3) is 2.02. The molecule has 2 heteroatoms. The molecule has 2 nitrogen and oxygen atoms in total. The van der Waals surface area contributed by atoms with E-state index in [4.69, 9.17) is 5.73 Å². The van der Waals surface area contributed by atoms with Crippen LogP contribution in [-0.4, -0.2) is 4.98 Å². The topological polar surface area (TPSA) is 38.9 Å². The van der Waals surface area contributed by atoms with Crippen LogP contribution in [0.5, 0.6) is 0 Å². The first-order valence-corrected chi connectivity index (χ1v) is 4.89. The van der Waals surface area contributed by atoms with Gasteiger partial charge in [0.15, 0.2) is 0 Å². The summed E-state index contributed by atoms with van der Waals surface area (Å²) < 4.78 is 0. The van der Waals surface area contributed by atoms with Crippen LogP contribution in [-0.2, 0) is 0 Å². The van der Waals surface area contributed by atoms with Gasteiger partial charge in [-0.1, -0.05) is 32.0 Å². The summed E-state index contributed by atoms with van der Waals surface area (Å²) in [6, 6.07) is 9.84. The molecule has 0 spiro atoms. The first kappa shape index (κ1) is 10.5. The number of benzene rings is 1. The number of hydrogen-bond acceptors (Lipinski definition) is 2. The van der Waals surface area contributed by atoms with Crippen LogP contribution in [0.1, 0.15) is 19.5 Å². The minimum absolute atomic E-state index is 0.746. The SMILES string of the molecule is CC.Cc1ccc2cccc(N)c2n1. The molecule has 0 radical (unpaired) electrons. The summed E-state index contributed by atoms with van der Waals surface area (Å²) in [7, 11) is 0. The standard InChI is InChI=1S/C10H10N2.C2H6/c1-7-5-6-8-3-2-4-9(11)10(8)12-7;1-2/h2-6H,11H2,1H3;1-2H3. The second-order valence-corrected chi connectivity index (χ2v) is 2.87. The minimum Gasteiger partial charge on any atom is -0.397 e. The second-order valence-electron chi connectivity index (χ2n) is 2.87. The Morgan fingerprint density at radius 1 is 1.07 bits per heavy atom. The van der Waals surface area contributed by atoms with E-state index in [1.807, 2.05) is 51.1 Å². The fourth-order valence-corrected chi connectivity index (χ4v) is 1.27. The molecule has 0 bridgehead atoms. The number of aryl methyl sites for hydroxylation is 1. The molecule has 2 N–H and O–H groups in total. The van der Waals surface area contributed by atoms with Crippen molar-refractivity contribution < 1.29 is 0 Å². The van der Waals surface area contributed by atoms with Crippen molar-refractivity contribution in [3.8, 4) is 0 Å². The van der Waals surface area contributed by atoms with Crippen molar-refractivity contribution in [2.75, 3.05) is 5.73 Å². The highest BCUT2D eigenvalue weighted by Gasteiger charge is 1.97. The molecule has 1 heterocycles. The number of nitrogen functional groups attached to an aromatic ring is 1.